The van der Waals surface area contributed by atoms with E-state index >= 15 is 0 Å². The van der Waals surface area contributed by atoms with Crippen molar-refractivity contribution in [2.45, 2.75) is 277 Å². The molecule has 9 heteroatoms. The van der Waals surface area contributed by atoms with Gasteiger partial charge in [-0.25, -0.2) is 4.57 Å². The second kappa shape index (κ2) is 54.5. The number of ether oxygens (including phenoxy) is 2. The van der Waals surface area contributed by atoms with Crippen molar-refractivity contribution in [3.63, 3.8) is 0 Å². The summed E-state index contributed by atoms with van der Waals surface area (Å²) in [6.45, 7) is 5.55. The lowest BCUT2D eigenvalue weighted by Gasteiger charge is -2.24. The zero-order valence-electron chi connectivity index (χ0n) is 47.5. The molecule has 0 saturated heterocycles. The van der Waals surface area contributed by atoms with Gasteiger partial charge in [-0.2, -0.15) is 0 Å². The average molecular weight is 1020 g/mol. The molecular formula is C62H117NO7P+. The van der Waals surface area contributed by atoms with E-state index in [0.717, 1.165) is 57.8 Å². The molecule has 0 amide bonds. The molecule has 0 aromatic carbocycles. The molecule has 1 N–H and O–H groups in total. The lowest BCUT2D eigenvalue weighted by Crippen LogP contribution is -2.37. The summed E-state index contributed by atoms with van der Waals surface area (Å²) in [5, 5.41) is 0. The summed E-state index contributed by atoms with van der Waals surface area (Å²) in [6.07, 6.45) is 71.5. The number of carbonyl (C=O) groups excluding carboxylic acids is 1. The van der Waals surface area contributed by atoms with Crippen LogP contribution in [0.25, 0.3) is 0 Å². The van der Waals surface area contributed by atoms with Gasteiger partial charge in [-0.05, 0) is 77.0 Å². The summed E-state index contributed by atoms with van der Waals surface area (Å²) < 4.78 is 35.3. The lowest BCUT2D eigenvalue weighted by molar-refractivity contribution is -0.870. The highest BCUT2D eigenvalue weighted by molar-refractivity contribution is 7.47. The standard InChI is InChI=1S/C62H116NO7P/c1-6-8-10-12-14-16-18-20-22-24-26-28-30-31-32-34-36-38-40-42-44-46-48-50-52-54-57-67-59-61(60-69-71(65,66)68-58-56-63(3,4)5)70-62(64)55-53-51-49-47-45-43-41-39-37-35-33-29-27-25-23-21-19-17-15-13-11-9-7-2/h9,11,15,17,21,23-24,26-27,29,61H,6-8,10,12-14,16,18-20,22,25,28,30-60H2,1-5H3/p+1/b11-9-,17-15-,23-21-,26-24-,29-27-. The molecule has 71 heavy (non-hydrogen) atoms. The number of phosphoric ester groups is 1. The predicted molar refractivity (Wildman–Crippen MR) is 307 cm³/mol. The molecule has 8 nitrogen and oxygen atoms in total. The molecule has 0 bridgehead atoms. The lowest BCUT2D eigenvalue weighted by atomic mass is 10.0. The highest BCUT2D eigenvalue weighted by Crippen LogP contribution is 2.43. The fourth-order valence-electron chi connectivity index (χ4n) is 8.48. The average Bonchev–Trinajstić information content (AvgIpc) is 3.33. The topological polar surface area (TPSA) is 91.3 Å². The zero-order valence-corrected chi connectivity index (χ0v) is 48.4. The van der Waals surface area contributed by atoms with Crippen LogP contribution in [-0.2, 0) is 27.9 Å². The summed E-state index contributed by atoms with van der Waals surface area (Å²) in [6, 6.07) is 0. The highest BCUT2D eigenvalue weighted by Gasteiger charge is 2.26. The summed E-state index contributed by atoms with van der Waals surface area (Å²) >= 11 is 0. The van der Waals surface area contributed by atoms with Crippen LogP contribution in [0.3, 0.4) is 0 Å². The number of allylic oxidation sites excluding steroid dienone is 10. The summed E-state index contributed by atoms with van der Waals surface area (Å²) in [5.41, 5.74) is 0. The number of hydrogen-bond acceptors (Lipinski definition) is 6. The van der Waals surface area contributed by atoms with Crippen molar-refractivity contribution in [1.29, 1.82) is 0 Å². The van der Waals surface area contributed by atoms with E-state index in [1.54, 1.807) is 0 Å². The second-order valence-electron chi connectivity index (χ2n) is 21.3. The molecule has 0 heterocycles. The Balaban J connectivity index is 4.04. The SMILES string of the molecule is CC/C=C\C/C=C\C/C=C\C/C=C\CCCCCCCCCCCCC(=O)OC(COCCCCCCCCCCCCCCCC/C=C\CCCCCCCCCC)COP(=O)(O)OCC[N+](C)(C)C. The van der Waals surface area contributed by atoms with E-state index in [1.807, 2.05) is 21.1 Å². The van der Waals surface area contributed by atoms with Gasteiger partial charge in [-0.3, -0.25) is 13.8 Å². The molecule has 0 aliphatic carbocycles. The molecule has 2 unspecified atom stereocenters. The number of likely N-dealkylation sites (N-methyl/N-ethyl adjacent to an activating group) is 1. The van der Waals surface area contributed by atoms with E-state index in [1.165, 1.54) is 193 Å². The number of hydrogen-bond donors (Lipinski definition) is 1. The van der Waals surface area contributed by atoms with E-state index in [2.05, 4.69) is 74.6 Å². The third kappa shape index (κ3) is 59.0. The van der Waals surface area contributed by atoms with Crippen LogP contribution in [0.2, 0.25) is 0 Å². The van der Waals surface area contributed by atoms with Crippen LogP contribution in [0, 0.1) is 0 Å². The number of rotatable bonds is 56. The maximum atomic E-state index is 12.8. The number of quaternary nitrogens is 1. The van der Waals surface area contributed by atoms with Crippen LogP contribution < -0.4 is 0 Å². The first kappa shape index (κ1) is 69.2. The zero-order chi connectivity index (χ0) is 51.9. The number of carbonyl (C=O) groups is 1. The van der Waals surface area contributed by atoms with Crippen LogP contribution >= 0.6 is 7.82 Å². The summed E-state index contributed by atoms with van der Waals surface area (Å²) in [7, 11) is 1.67. The molecule has 0 rings (SSSR count). The van der Waals surface area contributed by atoms with Crippen molar-refractivity contribution in [2.24, 2.45) is 0 Å². The van der Waals surface area contributed by atoms with Crippen molar-refractivity contribution in [2.75, 3.05) is 54.1 Å². The number of phosphoric acid groups is 1. The summed E-state index contributed by atoms with van der Waals surface area (Å²) in [4.78, 5) is 23.1. The van der Waals surface area contributed by atoms with E-state index in [0.29, 0.717) is 24.1 Å². The van der Waals surface area contributed by atoms with Gasteiger partial charge >= 0.3 is 13.8 Å². The van der Waals surface area contributed by atoms with Crippen LogP contribution in [0.15, 0.2) is 60.8 Å². The molecule has 0 aromatic heterocycles. The fourth-order valence-corrected chi connectivity index (χ4v) is 9.22. The van der Waals surface area contributed by atoms with Crippen molar-refractivity contribution in [1.82, 2.24) is 0 Å². The van der Waals surface area contributed by atoms with E-state index in [9.17, 15) is 14.3 Å². The highest BCUT2D eigenvalue weighted by atomic mass is 31.2. The Kier molecular flexibility index (Phi) is 53.1. The van der Waals surface area contributed by atoms with Gasteiger partial charge in [0.05, 0.1) is 34.4 Å². The third-order valence-corrected chi connectivity index (χ3v) is 14.0. The molecule has 0 aliphatic rings. The molecule has 0 fully saturated rings. The monoisotopic (exact) mass is 1020 g/mol. The van der Waals surface area contributed by atoms with Crippen molar-refractivity contribution in [3.05, 3.63) is 60.8 Å². The maximum absolute atomic E-state index is 12.8. The van der Waals surface area contributed by atoms with Gasteiger partial charge in [0, 0.05) is 13.0 Å². The van der Waals surface area contributed by atoms with Gasteiger partial charge < -0.3 is 18.9 Å². The Bertz CT molecular complexity index is 1320. The Morgan fingerprint density at radius 3 is 1.24 bits per heavy atom. The normalized spacial score (nSPS) is 13.8. The predicted octanol–water partition coefficient (Wildman–Crippen LogP) is 19.2. The Morgan fingerprint density at radius 2 is 0.817 bits per heavy atom. The van der Waals surface area contributed by atoms with Gasteiger partial charge in [0.1, 0.15) is 19.3 Å². The van der Waals surface area contributed by atoms with Gasteiger partial charge in [0.15, 0.2) is 0 Å². The maximum Gasteiger partial charge on any atom is 0.472 e. The summed E-state index contributed by atoms with van der Waals surface area (Å²) in [5.74, 6) is -0.315. The molecule has 416 valence electrons. The van der Waals surface area contributed by atoms with E-state index < -0.39 is 13.9 Å². The molecular weight excluding hydrogens is 902 g/mol. The van der Waals surface area contributed by atoms with Gasteiger partial charge in [-0.15, -0.1) is 0 Å². The smallest absolute Gasteiger partial charge is 0.457 e. The van der Waals surface area contributed by atoms with Crippen LogP contribution in [-0.4, -0.2) is 75.6 Å². The van der Waals surface area contributed by atoms with Crippen LogP contribution in [0.1, 0.15) is 271 Å². The molecule has 0 aromatic rings. The van der Waals surface area contributed by atoms with Crippen LogP contribution in [0.5, 0.6) is 0 Å². The molecule has 0 saturated carbocycles. The quantitative estimate of drug-likeness (QED) is 0.0213. The first-order chi connectivity index (χ1) is 34.6. The number of unbranched alkanes of at least 4 members (excludes halogenated alkanes) is 32. The van der Waals surface area contributed by atoms with E-state index in [-0.39, 0.29) is 25.8 Å². The van der Waals surface area contributed by atoms with Gasteiger partial charge in [-0.1, -0.05) is 248 Å². The molecule has 0 radical (unpaired) electrons. The van der Waals surface area contributed by atoms with E-state index in [4.69, 9.17) is 18.5 Å². The molecule has 0 aliphatic heterocycles. The minimum absolute atomic E-state index is 0.0868. The third-order valence-electron chi connectivity index (χ3n) is 13.1. The largest absolute Gasteiger partial charge is 0.472 e. The van der Waals surface area contributed by atoms with Gasteiger partial charge in [0.25, 0.3) is 0 Å². The molecule has 2 atom stereocenters. The van der Waals surface area contributed by atoms with Crippen molar-refractivity contribution >= 4 is 13.8 Å². The first-order valence-electron chi connectivity index (χ1n) is 30.0. The minimum atomic E-state index is -4.29. The Morgan fingerprint density at radius 1 is 0.451 bits per heavy atom. The second-order valence-corrected chi connectivity index (χ2v) is 22.8. The molecule has 0 spiro atoms. The Labute approximate surface area is 440 Å². The number of nitrogens with zero attached hydrogens (tertiary/aromatic N) is 1. The van der Waals surface area contributed by atoms with Gasteiger partial charge in [0.2, 0.25) is 0 Å². The fraction of sp³-hybridized carbons (Fsp3) is 0.823. The number of esters is 1. The first-order valence-corrected chi connectivity index (χ1v) is 31.5. The van der Waals surface area contributed by atoms with Crippen molar-refractivity contribution in [3.8, 4) is 0 Å². The Hall–Kier alpha value is -1.80. The van der Waals surface area contributed by atoms with Crippen LogP contribution in [0.4, 0.5) is 0 Å². The minimum Gasteiger partial charge on any atom is -0.457 e. The van der Waals surface area contributed by atoms with Crippen molar-refractivity contribution < 1.29 is 37.3 Å².